The van der Waals surface area contributed by atoms with Crippen LogP contribution in [0.25, 0.3) is 0 Å². The van der Waals surface area contributed by atoms with E-state index in [0.29, 0.717) is 17.3 Å². The van der Waals surface area contributed by atoms with Gasteiger partial charge in [-0.3, -0.25) is 0 Å². The Kier molecular flexibility index (Phi) is 5.48. The van der Waals surface area contributed by atoms with Crippen molar-refractivity contribution < 1.29 is 9.47 Å². The van der Waals surface area contributed by atoms with Gasteiger partial charge in [-0.05, 0) is 49.4 Å². The molecule has 0 radical (unpaired) electrons. The highest BCUT2D eigenvalue weighted by Gasteiger charge is 2.10. The fraction of sp³-hybridized carbons (Fsp3) is 0.294. The van der Waals surface area contributed by atoms with E-state index in [4.69, 9.17) is 21.1 Å². The van der Waals surface area contributed by atoms with Crippen LogP contribution in [0.15, 0.2) is 36.4 Å². The topological polar surface area (TPSA) is 30.5 Å². The number of rotatable bonds is 6. The van der Waals surface area contributed by atoms with Crippen LogP contribution < -0.4 is 14.8 Å². The third-order valence-electron chi connectivity index (χ3n) is 3.25. The predicted molar refractivity (Wildman–Crippen MR) is 86.7 cm³/mol. The lowest BCUT2D eigenvalue weighted by atomic mass is 10.1. The summed E-state index contributed by atoms with van der Waals surface area (Å²) in [6.07, 6.45) is 0.961. The second-order valence-electron chi connectivity index (χ2n) is 4.72. The van der Waals surface area contributed by atoms with Crippen LogP contribution in [-0.2, 0) is 13.0 Å². The van der Waals surface area contributed by atoms with E-state index in [1.54, 1.807) is 7.11 Å². The molecule has 112 valence electrons. The number of aryl methyl sites for hydroxylation is 1. The summed E-state index contributed by atoms with van der Waals surface area (Å²) in [7, 11) is 3.54. The van der Waals surface area contributed by atoms with Crippen LogP contribution in [0.5, 0.6) is 17.2 Å². The number of ether oxygens (including phenoxy) is 2. The molecule has 0 fully saturated rings. The first kappa shape index (κ1) is 15.7. The molecule has 0 atom stereocenters. The summed E-state index contributed by atoms with van der Waals surface area (Å²) < 4.78 is 11.4. The van der Waals surface area contributed by atoms with Crippen molar-refractivity contribution >= 4 is 11.6 Å². The molecule has 3 nitrogen and oxygen atoms in total. The van der Waals surface area contributed by atoms with Crippen molar-refractivity contribution in [2.45, 2.75) is 19.9 Å². The number of benzene rings is 2. The van der Waals surface area contributed by atoms with Crippen molar-refractivity contribution in [1.29, 1.82) is 0 Å². The maximum atomic E-state index is 6.05. The van der Waals surface area contributed by atoms with Crippen LogP contribution >= 0.6 is 11.6 Å². The van der Waals surface area contributed by atoms with Crippen LogP contribution in [0.3, 0.4) is 0 Å². The van der Waals surface area contributed by atoms with E-state index in [-0.39, 0.29) is 0 Å². The van der Waals surface area contributed by atoms with Gasteiger partial charge in [-0.2, -0.15) is 0 Å². The minimum atomic E-state index is 0.686. The summed E-state index contributed by atoms with van der Waals surface area (Å²) in [6.45, 7) is 2.80. The van der Waals surface area contributed by atoms with Crippen molar-refractivity contribution in [3.05, 3.63) is 52.5 Å². The molecule has 0 heterocycles. The molecule has 0 aromatic heterocycles. The Bertz CT molecular complexity index is 614. The van der Waals surface area contributed by atoms with Crippen LogP contribution in [0.2, 0.25) is 5.02 Å². The van der Waals surface area contributed by atoms with Gasteiger partial charge >= 0.3 is 0 Å². The summed E-state index contributed by atoms with van der Waals surface area (Å²) in [5, 5.41) is 3.81. The van der Waals surface area contributed by atoms with Crippen molar-refractivity contribution in [3.63, 3.8) is 0 Å². The van der Waals surface area contributed by atoms with Crippen molar-refractivity contribution in [1.82, 2.24) is 5.32 Å². The van der Waals surface area contributed by atoms with Gasteiger partial charge in [0.2, 0.25) is 0 Å². The first-order chi connectivity index (χ1) is 10.2. The average molecular weight is 306 g/mol. The summed E-state index contributed by atoms with van der Waals surface area (Å²) in [6, 6.07) is 11.6. The van der Waals surface area contributed by atoms with Gasteiger partial charge in [0, 0.05) is 17.1 Å². The molecular weight excluding hydrogens is 286 g/mol. The molecule has 1 N–H and O–H groups in total. The van der Waals surface area contributed by atoms with Gasteiger partial charge in [0.1, 0.15) is 5.75 Å². The Labute approximate surface area is 130 Å². The highest BCUT2D eigenvalue weighted by atomic mass is 35.5. The lowest BCUT2D eigenvalue weighted by Gasteiger charge is -2.14. The minimum absolute atomic E-state index is 0.686. The smallest absolute Gasteiger partial charge is 0.169 e. The zero-order valence-corrected chi connectivity index (χ0v) is 13.3. The summed E-state index contributed by atoms with van der Waals surface area (Å²) in [5.41, 5.74) is 2.22. The first-order valence-corrected chi connectivity index (χ1v) is 7.33. The molecule has 0 aliphatic carbocycles. The van der Waals surface area contributed by atoms with E-state index in [1.807, 2.05) is 43.4 Å². The van der Waals surface area contributed by atoms with Gasteiger partial charge < -0.3 is 14.8 Å². The second kappa shape index (κ2) is 7.34. The zero-order chi connectivity index (χ0) is 15.2. The first-order valence-electron chi connectivity index (χ1n) is 6.95. The molecule has 2 aromatic carbocycles. The third kappa shape index (κ3) is 3.90. The SMILES string of the molecule is CCc1ccc(Oc2ccc(Cl)cc2CNC)c(OC)c1. The normalized spacial score (nSPS) is 10.5. The van der Waals surface area contributed by atoms with Gasteiger partial charge in [-0.1, -0.05) is 24.6 Å². The van der Waals surface area contributed by atoms with Gasteiger partial charge in [0.05, 0.1) is 7.11 Å². The van der Waals surface area contributed by atoms with Crippen LogP contribution in [-0.4, -0.2) is 14.2 Å². The number of nitrogens with one attached hydrogen (secondary N) is 1. The highest BCUT2D eigenvalue weighted by Crippen LogP contribution is 2.34. The molecule has 0 unspecified atom stereocenters. The zero-order valence-electron chi connectivity index (χ0n) is 12.6. The molecule has 2 rings (SSSR count). The van der Waals surface area contributed by atoms with E-state index in [2.05, 4.69) is 12.2 Å². The third-order valence-corrected chi connectivity index (χ3v) is 3.48. The Morgan fingerprint density at radius 1 is 1.05 bits per heavy atom. The molecule has 2 aromatic rings. The maximum absolute atomic E-state index is 6.05. The Balaban J connectivity index is 2.33. The van der Waals surface area contributed by atoms with Gasteiger partial charge in [-0.25, -0.2) is 0 Å². The second-order valence-corrected chi connectivity index (χ2v) is 5.16. The molecule has 21 heavy (non-hydrogen) atoms. The van der Waals surface area contributed by atoms with E-state index >= 15 is 0 Å². The average Bonchev–Trinajstić information content (AvgIpc) is 2.50. The predicted octanol–water partition coefficient (Wildman–Crippen LogP) is 4.42. The standard InChI is InChI=1S/C17H20ClNO2/c1-4-12-5-7-16(17(9-12)20-3)21-15-8-6-14(18)10-13(15)11-19-2/h5-10,19H,4,11H2,1-3H3. The van der Waals surface area contributed by atoms with Crippen LogP contribution in [0.1, 0.15) is 18.1 Å². The molecule has 0 spiro atoms. The van der Waals surface area contributed by atoms with E-state index in [1.165, 1.54) is 5.56 Å². The Morgan fingerprint density at radius 3 is 2.48 bits per heavy atom. The largest absolute Gasteiger partial charge is 0.493 e. The van der Waals surface area contributed by atoms with E-state index < -0.39 is 0 Å². The fourth-order valence-electron chi connectivity index (χ4n) is 2.11. The number of hydrogen-bond acceptors (Lipinski definition) is 3. The molecule has 0 amide bonds. The summed E-state index contributed by atoms with van der Waals surface area (Å²) >= 11 is 6.05. The van der Waals surface area contributed by atoms with Crippen molar-refractivity contribution in [3.8, 4) is 17.2 Å². The highest BCUT2D eigenvalue weighted by molar-refractivity contribution is 6.30. The van der Waals surface area contributed by atoms with Gasteiger partial charge in [-0.15, -0.1) is 0 Å². The number of halogens is 1. The summed E-state index contributed by atoms with van der Waals surface area (Å²) in [5.74, 6) is 2.21. The van der Waals surface area contributed by atoms with Gasteiger partial charge in [0.15, 0.2) is 11.5 Å². The molecule has 0 aliphatic rings. The maximum Gasteiger partial charge on any atom is 0.169 e. The van der Waals surface area contributed by atoms with E-state index in [9.17, 15) is 0 Å². The lowest BCUT2D eigenvalue weighted by Crippen LogP contribution is -2.06. The molecule has 4 heteroatoms. The summed E-state index contributed by atoms with van der Waals surface area (Å²) in [4.78, 5) is 0. The number of hydrogen-bond donors (Lipinski definition) is 1. The lowest BCUT2D eigenvalue weighted by molar-refractivity contribution is 0.377. The quantitative estimate of drug-likeness (QED) is 0.857. The minimum Gasteiger partial charge on any atom is -0.493 e. The molecule has 0 aliphatic heterocycles. The van der Waals surface area contributed by atoms with Crippen molar-refractivity contribution in [2.24, 2.45) is 0 Å². The monoisotopic (exact) mass is 305 g/mol. The molecule has 0 saturated heterocycles. The Hall–Kier alpha value is -1.71. The Morgan fingerprint density at radius 2 is 1.81 bits per heavy atom. The van der Waals surface area contributed by atoms with Gasteiger partial charge in [0.25, 0.3) is 0 Å². The van der Waals surface area contributed by atoms with Crippen LogP contribution in [0, 0.1) is 0 Å². The van der Waals surface area contributed by atoms with Crippen molar-refractivity contribution in [2.75, 3.05) is 14.2 Å². The van der Waals surface area contributed by atoms with E-state index in [0.717, 1.165) is 23.5 Å². The molecule has 0 bridgehead atoms. The molecular formula is C17H20ClNO2. The van der Waals surface area contributed by atoms with Crippen LogP contribution in [0.4, 0.5) is 0 Å². The fourth-order valence-corrected chi connectivity index (χ4v) is 2.31. The molecule has 0 saturated carbocycles. The number of methoxy groups -OCH3 is 1.